The van der Waals surface area contributed by atoms with Crippen LogP contribution in [-0.4, -0.2) is 4.40 Å². The van der Waals surface area contributed by atoms with Crippen molar-refractivity contribution >= 4 is 5.52 Å². The van der Waals surface area contributed by atoms with Crippen molar-refractivity contribution in [2.75, 3.05) is 0 Å². The fourth-order valence-corrected chi connectivity index (χ4v) is 1.42. The molecule has 56 valence electrons. The molecule has 2 aromatic heterocycles. The molecule has 0 aliphatic carbocycles. The monoisotopic (exact) mass is 145 g/mol. The summed E-state index contributed by atoms with van der Waals surface area (Å²) in [6, 6.07) is 8.49. The van der Waals surface area contributed by atoms with Crippen LogP contribution in [0.15, 0.2) is 30.5 Å². The van der Waals surface area contributed by atoms with Gasteiger partial charge in [-0.1, -0.05) is 6.07 Å². The van der Waals surface area contributed by atoms with Crippen molar-refractivity contribution in [3.05, 3.63) is 41.7 Å². The van der Waals surface area contributed by atoms with Gasteiger partial charge >= 0.3 is 0 Å². The van der Waals surface area contributed by atoms with Gasteiger partial charge in [0.05, 0.1) is 0 Å². The Bertz CT molecular complexity index is 385. The second-order valence-electron chi connectivity index (χ2n) is 2.92. The Morgan fingerprint density at radius 3 is 2.64 bits per heavy atom. The molecule has 0 bridgehead atoms. The summed E-state index contributed by atoms with van der Waals surface area (Å²) < 4.78 is 2.20. The molecule has 0 saturated carbocycles. The Kier molecular flexibility index (Phi) is 1.25. The van der Waals surface area contributed by atoms with Crippen molar-refractivity contribution in [3.63, 3.8) is 0 Å². The molecule has 2 heterocycles. The van der Waals surface area contributed by atoms with Gasteiger partial charge in [-0.05, 0) is 37.6 Å². The highest BCUT2D eigenvalue weighted by Gasteiger charge is 1.96. The fraction of sp³-hybridized carbons (Fsp3) is 0.200. The van der Waals surface area contributed by atoms with Gasteiger partial charge in [0, 0.05) is 17.4 Å². The lowest BCUT2D eigenvalue weighted by molar-refractivity contribution is 1.10. The maximum absolute atomic E-state index is 2.20. The summed E-state index contributed by atoms with van der Waals surface area (Å²) in [5, 5.41) is 0. The Morgan fingerprint density at radius 1 is 1.09 bits per heavy atom. The molecule has 0 aliphatic heterocycles. The van der Waals surface area contributed by atoms with Gasteiger partial charge in [-0.15, -0.1) is 0 Å². The Labute approximate surface area is 66.3 Å². The molecule has 0 saturated heterocycles. The molecule has 0 atom stereocenters. The van der Waals surface area contributed by atoms with E-state index in [9.17, 15) is 0 Å². The molecule has 1 heteroatoms. The van der Waals surface area contributed by atoms with Crippen LogP contribution in [-0.2, 0) is 0 Å². The van der Waals surface area contributed by atoms with Gasteiger partial charge in [0.1, 0.15) is 0 Å². The molecule has 0 unspecified atom stereocenters. The summed E-state index contributed by atoms with van der Waals surface area (Å²) in [5.74, 6) is 0. The molecule has 0 N–H and O–H groups in total. The average Bonchev–Trinajstić information content (AvgIpc) is 2.35. The van der Waals surface area contributed by atoms with Crippen LogP contribution < -0.4 is 0 Å². The van der Waals surface area contributed by atoms with Gasteiger partial charge in [0.25, 0.3) is 0 Å². The maximum atomic E-state index is 2.20. The van der Waals surface area contributed by atoms with Gasteiger partial charge in [-0.3, -0.25) is 0 Å². The number of fused-ring (bicyclic) bond motifs is 1. The third-order valence-electron chi connectivity index (χ3n) is 2.11. The van der Waals surface area contributed by atoms with E-state index in [4.69, 9.17) is 0 Å². The molecule has 2 rings (SSSR count). The van der Waals surface area contributed by atoms with E-state index >= 15 is 0 Å². The zero-order valence-corrected chi connectivity index (χ0v) is 6.83. The lowest BCUT2D eigenvalue weighted by Gasteiger charge is -1.98. The maximum Gasteiger partial charge on any atom is 0.0481 e. The first-order valence-electron chi connectivity index (χ1n) is 3.82. The molecule has 0 aromatic carbocycles. The van der Waals surface area contributed by atoms with E-state index in [0.29, 0.717) is 0 Å². The quantitative estimate of drug-likeness (QED) is 0.536. The molecular formula is C10H11N. The normalized spacial score (nSPS) is 10.7. The summed E-state index contributed by atoms with van der Waals surface area (Å²) in [6.45, 7) is 4.25. The zero-order valence-electron chi connectivity index (χ0n) is 6.83. The zero-order chi connectivity index (χ0) is 7.84. The van der Waals surface area contributed by atoms with Gasteiger partial charge in [-0.2, -0.15) is 0 Å². The predicted molar refractivity (Wildman–Crippen MR) is 46.9 cm³/mol. The molecule has 0 amide bonds. The molecule has 0 fully saturated rings. The van der Waals surface area contributed by atoms with Crippen molar-refractivity contribution in [2.45, 2.75) is 13.8 Å². The van der Waals surface area contributed by atoms with E-state index in [1.165, 1.54) is 16.8 Å². The summed E-state index contributed by atoms with van der Waals surface area (Å²) in [6.07, 6.45) is 2.11. The van der Waals surface area contributed by atoms with Gasteiger partial charge < -0.3 is 4.40 Å². The van der Waals surface area contributed by atoms with Crippen LogP contribution in [0.25, 0.3) is 5.52 Å². The molecule has 0 spiro atoms. The first-order valence-corrected chi connectivity index (χ1v) is 3.82. The average molecular weight is 145 g/mol. The summed E-state index contributed by atoms with van der Waals surface area (Å²) >= 11 is 0. The van der Waals surface area contributed by atoms with Gasteiger partial charge in [0.15, 0.2) is 0 Å². The number of pyridine rings is 1. The molecule has 2 aromatic rings. The van der Waals surface area contributed by atoms with Crippen LogP contribution in [0.3, 0.4) is 0 Å². The SMILES string of the molecule is Cc1ccn2c(C)cccc12. The van der Waals surface area contributed by atoms with Crippen LogP contribution in [0.4, 0.5) is 0 Å². The standard InChI is InChI=1S/C10H11N/c1-8-6-7-11-9(2)4-3-5-10(8)11/h3-7H,1-2H3. The van der Waals surface area contributed by atoms with E-state index < -0.39 is 0 Å². The molecular weight excluding hydrogens is 134 g/mol. The van der Waals surface area contributed by atoms with E-state index in [2.05, 4.69) is 48.7 Å². The minimum absolute atomic E-state index is 1.29. The third kappa shape index (κ3) is 0.845. The Hall–Kier alpha value is -1.24. The third-order valence-corrected chi connectivity index (χ3v) is 2.11. The number of rotatable bonds is 0. The van der Waals surface area contributed by atoms with Gasteiger partial charge in [-0.25, -0.2) is 0 Å². The van der Waals surface area contributed by atoms with Gasteiger partial charge in [0.2, 0.25) is 0 Å². The van der Waals surface area contributed by atoms with Crippen LogP contribution in [0.1, 0.15) is 11.3 Å². The van der Waals surface area contributed by atoms with Crippen LogP contribution in [0.2, 0.25) is 0 Å². The number of hydrogen-bond donors (Lipinski definition) is 0. The van der Waals surface area contributed by atoms with Crippen LogP contribution in [0.5, 0.6) is 0 Å². The summed E-state index contributed by atoms with van der Waals surface area (Å²) in [4.78, 5) is 0. The smallest absolute Gasteiger partial charge is 0.0481 e. The second-order valence-corrected chi connectivity index (χ2v) is 2.92. The number of aryl methyl sites for hydroxylation is 2. The first kappa shape index (κ1) is 6.47. The number of aromatic nitrogens is 1. The molecule has 0 aliphatic rings. The van der Waals surface area contributed by atoms with E-state index in [0.717, 1.165) is 0 Å². The molecule has 0 radical (unpaired) electrons. The Balaban J connectivity index is 2.94. The number of nitrogens with zero attached hydrogens (tertiary/aromatic N) is 1. The minimum atomic E-state index is 1.29. The largest absolute Gasteiger partial charge is 0.321 e. The highest BCUT2D eigenvalue weighted by atomic mass is 14.9. The van der Waals surface area contributed by atoms with Crippen molar-refractivity contribution in [1.29, 1.82) is 0 Å². The van der Waals surface area contributed by atoms with Crippen molar-refractivity contribution in [1.82, 2.24) is 4.40 Å². The first-order chi connectivity index (χ1) is 5.29. The van der Waals surface area contributed by atoms with Crippen molar-refractivity contribution in [3.8, 4) is 0 Å². The predicted octanol–water partition coefficient (Wildman–Crippen LogP) is 2.56. The summed E-state index contributed by atoms with van der Waals surface area (Å²) in [7, 11) is 0. The van der Waals surface area contributed by atoms with Crippen molar-refractivity contribution in [2.24, 2.45) is 0 Å². The van der Waals surface area contributed by atoms with E-state index in [-0.39, 0.29) is 0 Å². The van der Waals surface area contributed by atoms with E-state index in [1.54, 1.807) is 0 Å². The van der Waals surface area contributed by atoms with Crippen molar-refractivity contribution < 1.29 is 0 Å². The molecule has 1 nitrogen and oxygen atoms in total. The van der Waals surface area contributed by atoms with Crippen LogP contribution >= 0.6 is 0 Å². The number of hydrogen-bond acceptors (Lipinski definition) is 0. The highest BCUT2D eigenvalue weighted by molar-refractivity contribution is 5.55. The fourth-order valence-electron chi connectivity index (χ4n) is 1.42. The van der Waals surface area contributed by atoms with Crippen LogP contribution in [0, 0.1) is 13.8 Å². The Morgan fingerprint density at radius 2 is 1.91 bits per heavy atom. The topological polar surface area (TPSA) is 4.41 Å². The summed E-state index contributed by atoms with van der Waals surface area (Å²) in [5.41, 5.74) is 3.94. The lowest BCUT2D eigenvalue weighted by Crippen LogP contribution is -1.86. The highest BCUT2D eigenvalue weighted by Crippen LogP contribution is 2.12. The van der Waals surface area contributed by atoms with E-state index in [1.807, 2.05) is 0 Å². The minimum Gasteiger partial charge on any atom is -0.321 e. The lowest BCUT2D eigenvalue weighted by atomic mass is 10.3. The second kappa shape index (κ2) is 2.12. The molecule has 11 heavy (non-hydrogen) atoms.